The fourth-order valence-electron chi connectivity index (χ4n) is 3.94. The number of benzene rings is 2. The highest BCUT2D eigenvalue weighted by Crippen LogP contribution is 2.30. The van der Waals surface area contributed by atoms with Gasteiger partial charge < -0.3 is 10.2 Å². The van der Waals surface area contributed by atoms with Crippen LogP contribution in [0.15, 0.2) is 84.5 Å². The second-order valence-electron chi connectivity index (χ2n) is 8.00. The van der Waals surface area contributed by atoms with Crippen molar-refractivity contribution in [2.75, 3.05) is 11.9 Å². The molecular formula is C26H22N4O2S. The van der Waals surface area contributed by atoms with Gasteiger partial charge >= 0.3 is 0 Å². The highest BCUT2D eigenvalue weighted by molar-refractivity contribution is 7.13. The van der Waals surface area contributed by atoms with Crippen molar-refractivity contribution in [2.45, 2.75) is 13.0 Å². The fourth-order valence-corrected chi connectivity index (χ4v) is 4.77. The average molecular weight is 455 g/mol. The summed E-state index contributed by atoms with van der Waals surface area (Å²) in [7, 11) is 0. The molecule has 164 valence electrons. The third-order valence-electron chi connectivity index (χ3n) is 5.66. The molecule has 33 heavy (non-hydrogen) atoms. The molecule has 4 aromatic rings. The minimum atomic E-state index is -0.359. The van der Waals surface area contributed by atoms with E-state index in [1.54, 1.807) is 28.6 Å². The van der Waals surface area contributed by atoms with E-state index < -0.39 is 0 Å². The Morgan fingerprint density at radius 2 is 1.85 bits per heavy atom. The van der Waals surface area contributed by atoms with Gasteiger partial charge in [0.25, 0.3) is 0 Å². The van der Waals surface area contributed by atoms with Crippen molar-refractivity contribution < 1.29 is 9.59 Å². The van der Waals surface area contributed by atoms with Crippen LogP contribution >= 0.6 is 11.3 Å². The molecular weight excluding hydrogens is 432 g/mol. The Kier molecular flexibility index (Phi) is 5.95. The van der Waals surface area contributed by atoms with Crippen molar-refractivity contribution in [3.05, 3.63) is 90.1 Å². The van der Waals surface area contributed by atoms with Gasteiger partial charge in [0.2, 0.25) is 11.8 Å². The number of hydrogen-bond acceptors (Lipinski definition) is 5. The highest BCUT2D eigenvalue weighted by atomic mass is 32.1. The summed E-state index contributed by atoms with van der Waals surface area (Å²) < 4.78 is 0. The molecule has 1 N–H and O–H groups in total. The van der Waals surface area contributed by atoms with E-state index in [4.69, 9.17) is 4.98 Å². The number of rotatable bonds is 6. The van der Waals surface area contributed by atoms with Crippen LogP contribution in [0.5, 0.6) is 0 Å². The summed E-state index contributed by atoms with van der Waals surface area (Å²) in [4.78, 5) is 35.9. The van der Waals surface area contributed by atoms with Crippen LogP contribution in [0, 0.1) is 5.92 Å². The zero-order chi connectivity index (χ0) is 22.6. The van der Waals surface area contributed by atoms with Gasteiger partial charge in [-0.15, -0.1) is 11.3 Å². The average Bonchev–Trinajstić information content (AvgIpc) is 3.48. The molecule has 1 unspecified atom stereocenters. The summed E-state index contributed by atoms with van der Waals surface area (Å²) in [5.41, 5.74) is 4.57. The van der Waals surface area contributed by atoms with Gasteiger partial charge in [-0.25, -0.2) is 4.98 Å². The maximum atomic E-state index is 12.9. The van der Waals surface area contributed by atoms with Crippen molar-refractivity contribution in [1.82, 2.24) is 14.9 Å². The number of hydrogen-bond donors (Lipinski definition) is 1. The van der Waals surface area contributed by atoms with E-state index in [0.717, 1.165) is 27.4 Å². The van der Waals surface area contributed by atoms with Crippen LogP contribution in [0.3, 0.4) is 0 Å². The van der Waals surface area contributed by atoms with Crippen LogP contribution in [-0.4, -0.2) is 33.2 Å². The zero-order valence-corrected chi connectivity index (χ0v) is 18.7. The number of likely N-dealkylation sites (tertiary alicyclic amines) is 1. The molecule has 7 heteroatoms. The van der Waals surface area contributed by atoms with Crippen LogP contribution in [-0.2, 0) is 16.1 Å². The van der Waals surface area contributed by atoms with Crippen molar-refractivity contribution >= 4 is 28.8 Å². The third-order valence-corrected chi connectivity index (χ3v) is 6.55. The number of anilines is 1. The molecule has 0 spiro atoms. The quantitative estimate of drug-likeness (QED) is 0.452. The predicted octanol–water partition coefficient (Wildman–Crippen LogP) is 4.86. The normalized spacial score (nSPS) is 15.6. The fraction of sp³-hybridized carbons (Fsp3) is 0.154. The minimum absolute atomic E-state index is 0.0128. The molecule has 0 radical (unpaired) electrons. The van der Waals surface area contributed by atoms with Gasteiger partial charge in [0.1, 0.15) is 5.01 Å². The number of carbonyl (C=O) groups is 2. The van der Waals surface area contributed by atoms with Gasteiger partial charge in [-0.05, 0) is 29.8 Å². The lowest BCUT2D eigenvalue weighted by Crippen LogP contribution is -2.28. The first-order valence-electron chi connectivity index (χ1n) is 10.7. The summed E-state index contributed by atoms with van der Waals surface area (Å²) in [6.45, 7) is 0.962. The maximum Gasteiger partial charge on any atom is 0.229 e. The van der Waals surface area contributed by atoms with E-state index in [2.05, 4.69) is 10.3 Å². The third kappa shape index (κ3) is 4.83. The summed E-state index contributed by atoms with van der Waals surface area (Å²) in [5.74, 6) is -0.479. The van der Waals surface area contributed by atoms with Gasteiger partial charge in [0.05, 0.1) is 11.6 Å². The van der Waals surface area contributed by atoms with Gasteiger partial charge in [-0.2, -0.15) is 0 Å². The Balaban J connectivity index is 1.25. The predicted molar refractivity (Wildman–Crippen MR) is 129 cm³/mol. The lowest BCUT2D eigenvalue weighted by Gasteiger charge is -2.16. The number of thiazole rings is 1. The largest absolute Gasteiger partial charge is 0.338 e. The summed E-state index contributed by atoms with van der Waals surface area (Å²) in [5, 5.41) is 5.92. The van der Waals surface area contributed by atoms with E-state index in [9.17, 15) is 9.59 Å². The minimum Gasteiger partial charge on any atom is -0.338 e. The standard InChI is InChI=1S/C26H22N4O2S/c31-24-14-21(16-30(24)15-18-5-2-1-3-6-18)25(32)28-22-8-4-7-20(13-22)23-17-33-26(29-23)19-9-11-27-12-10-19/h1-13,17,21H,14-16H2,(H,28,32). The molecule has 1 saturated heterocycles. The Bertz CT molecular complexity index is 1270. The molecule has 2 aromatic heterocycles. The number of pyridine rings is 1. The first-order chi connectivity index (χ1) is 16.2. The molecule has 0 aliphatic carbocycles. The Morgan fingerprint density at radius 1 is 1.03 bits per heavy atom. The Hall–Kier alpha value is -3.84. The van der Waals surface area contributed by atoms with Crippen molar-refractivity contribution in [2.24, 2.45) is 5.92 Å². The molecule has 1 atom stereocenters. The topological polar surface area (TPSA) is 75.2 Å². The van der Waals surface area contributed by atoms with Gasteiger partial charge in [-0.1, -0.05) is 42.5 Å². The van der Waals surface area contributed by atoms with E-state index in [1.165, 1.54) is 0 Å². The SMILES string of the molecule is O=C(Nc1cccc(-c2csc(-c3ccncc3)n2)c1)C1CC(=O)N(Cc2ccccc2)C1. The van der Waals surface area contributed by atoms with Crippen molar-refractivity contribution in [3.8, 4) is 21.8 Å². The molecule has 0 bridgehead atoms. The van der Waals surface area contributed by atoms with E-state index >= 15 is 0 Å². The van der Waals surface area contributed by atoms with Crippen LogP contribution < -0.4 is 5.32 Å². The lowest BCUT2D eigenvalue weighted by molar-refractivity contribution is -0.128. The molecule has 3 heterocycles. The van der Waals surface area contributed by atoms with Gasteiger partial charge in [-0.3, -0.25) is 14.6 Å². The lowest BCUT2D eigenvalue weighted by atomic mass is 10.1. The van der Waals surface area contributed by atoms with E-state index in [0.29, 0.717) is 18.8 Å². The molecule has 1 fully saturated rings. The molecule has 6 nitrogen and oxygen atoms in total. The second kappa shape index (κ2) is 9.34. The number of nitrogens with zero attached hydrogens (tertiary/aromatic N) is 3. The number of aromatic nitrogens is 2. The summed E-state index contributed by atoms with van der Waals surface area (Å²) in [6, 6.07) is 21.4. The van der Waals surface area contributed by atoms with Gasteiger partial charge in [0.15, 0.2) is 0 Å². The number of nitrogens with one attached hydrogen (secondary N) is 1. The van der Waals surface area contributed by atoms with Crippen LogP contribution in [0.25, 0.3) is 21.8 Å². The zero-order valence-electron chi connectivity index (χ0n) is 17.8. The molecule has 2 aromatic carbocycles. The Morgan fingerprint density at radius 3 is 2.67 bits per heavy atom. The molecule has 1 aliphatic rings. The van der Waals surface area contributed by atoms with Crippen LogP contribution in [0.1, 0.15) is 12.0 Å². The molecule has 1 aliphatic heterocycles. The smallest absolute Gasteiger partial charge is 0.229 e. The molecule has 2 amide bonds. The summed E-state index contributed by atoms with van der Waals surface area (Å²) >= 11 is 1.57. The summed E-state index contributed by atoms with van der Waals surface area (Å²) in [6.07, 6.45) is 3.74. The van der Waals surface area contributed by atoms with E-state index in [-0.39, 0.29) is 24.2 Å². The Labute approximate surface area is 195 Å². The van der Waals surface area contributed by atoms with Crippen LogP contribution in [0.4, 0.5) is 5.69 Å². The molecule has 5 rings (SSSR count). The second-order valence-corrected chi connectivity index (χ2v) is 8.86. The van der Waals surface area contributed by atoms with Crippen molar-refractivity contribution in [1.29, 1.82) is 0 Å². The highest BCUT2D eigenvalue weighted by Gasteiger charge is 2.34. The maximum absolute atomic E-state index is 12.9. The van der Waals surface area contributed by atoms with Gasteiger partial charge in [0, 0.05) is 54.1 Å². The van der Waals surface area contributed by atoms with Crippen LogP contribution in [0.2, 0.25) is 0 Å². The number of carbonyl (C=O) groups excluding carboxylic acids is 2. The van der Waals surface area contributed by atoms with E-state index in [1.807, 2.05) is 72.1 Å². The first-order valence-corrected chi connectivity index (χ1v) is 11.6. The first kappa shape index (κ1) is 21.0. The molecule has 0 saturated carbocycles. The van der Waals surface area contributed by atoms with Crippen molar-refractivity contribution in [3.63, 3.8) is 0 Å². The number of amides is 2. The monoisotopic (exact) mass is 454 g/mol.